The molecule has 0 fully saturated rings. The third-order valence-corrected chi connectivity index (χ3v) is 5.88. The van der Waals surface area contributed by atoms with Crippen LogP contribution in [0.25, 0.3) is 0 Å². The molecule has 0 radical (unpaired) electrons. The van der Waals surface area contributed by atoms with Crippen LogP contribution in [-0.2, 0) is 11.4 Å². The highest BCUT2D eigenvalue weighted by molar-refractivity contribution is 7.99. The van der Waals surface area contributed by atoms with Gasteiger partial charge in [-0.1, -0.05) is 67.5 Å². The highest BCUT2D eigenvalue weighted by atomic mass is 35.5. The Morgan fingerprint density at radius 1 is 1.10 bits per heavy atom. The first-order chi connectivity index (χ1) is 14.6. The summed E-state index contributed by atoms with van der Waals surface area (Å²) in [5.74, 6) is 1.49. The van der Waals surface area contributed by atoms with Gasteiger partial charge in [0, 0.05) is 11.7 Å². The molecule has 0 aliphatic rings. The van der Waals surface area contributed by atoms with E-state index in [0.29, 0.717) is 15.9 Å². The average molecular weight is 445 g/mol. The molecule has 1 amide bonds. The maximum Gasteiger partial charge on any atom is 0.234 e. The lowest BCUT2D eigenvalue weighted by Gasteiger charge is -2.19. The van der Waals surface area contributed by atoms with Crippen molar-refractivity contribution < 1.29 is 9.53 Å². The van der Waals surface area contributed by atoms with Crippen molar-refractivity contribution in [2.75, 3.05) is 11.1 Å². The van der Waals surface area contributed by atoms with Gasteiger partial charge in [0.05, 0.1) is 10.8 Å². The quantitative estimate of drug-likeness (QED) is 0.412. The number of hydrogen-bond donors (Lipinski definition) is 1. The molecule has 30 heavy (non-hydrogen) atoms. The van der Waals surface area contributed by atoms with E-state index >= 15 is 0 Å². The van der Waals surface area contributed by atoms with Crippen LogP contribution in [0.2, 0.25) is 5.02 Å². The molecule has 8 heteroatoms. The fourth-order valence-electron chi connectivity index (χ4n) is 3.08. The van der Waals surface area contributed by atoms with Crippen molar-refractivity contribution in [3.05, 3.63) is 65.4 Å². The zero-order chi connectivity index (χ0) is 21.3. The topological polar surface area (TPSA) is 69.0 Å². The number of rotatable bonds is 10. The number of amides is 1. The highest BCUT2D eigenvalue weighted by Crippen LogP contribution is 2.28. The number of halogens is 1. The molecular formula is C22H25ClN4O2S. The maximum atomic E-state index is 12.3. The second kappa shape index (κ2) is 11.0. The van der Waals surface area contributed by atoms with Gasteiger partial charge in [-0.2, -0.15) is 0 Å². The fourth-order valence-corrected chi connectivity index (χ4v) is 4.09. The Bertz CT molecular complexity index is 961. The van der Waals surface area contributed by atoms with Crippen molar-refractivity contribution in [2.24, 2.45) is 0 Å². The minimum Gasteiger partial charge on any atom is -0.484 e. The van der Waals surface area contributed by atoms with Crippen LogP contribution in [0.4, 0.5) is 5.69 Å². The molecule has 1 aromatic heterocycles. The first-order valence-corrected chi connectivity index (χ1v) is 11.3. The summed E-state index contributed by atoms with van der Waals surface area (Å²) in [6.07, 6.45) is 1.86. The van der Waals surface area contributed by atoms with Crippen molar-refractivity contribution in [3.8, 4) is 5.75 Å². The summed E-state index contributed by atoms with van der Waals surface area (Å²) in [5.41, 5.74) is 0.776. The van der Waals surface area contributed by atoms with Crippen LogP contribution in [0.1, 0.15) is 38.6 Å². The van der Waals surface area contributed by atoms with Gasteiger partial charge in [0.1, 0.15) is 12.4 Å². The molecule has 0 saturated heterocycles. The average Bonchev–Trinajstić information content (AvgIpc) is 3.16. The molecule has 0 spiro atoms. The van der Waals surface area contributed by atoms with Gasteiger partial charge < -0.3 is 14.6 Å². The number of carbonyl (C=O) groups is 1. The van der Waals surface area contributed by atoms with Crippen LogP contribution < -0.4 is 10.1 Å². The second-order valence-corrected chi connectivity index (χ2v) is 8.01. The van der Waals surface area contributed by atoms with E-state index in [1.165, 1.54) is 11.8 Å². The Labute approximate surface area is 186 Å². The summed E-state index contributed by atoms with van der Waals surface area (Å²) in [7, 11) is 0. The van der Waals surface area contributed by atoms with E-state index in [1.54, 1.807) is 6.07 Å². The van der Waals surface area contributed by atoms with Gasteiger partial charge in [-0.05, 0) is 37.1 Å². The zero-order valence-electron chi connectivity index (χ0n) is 17.0. The summed E-state index contributed by atoms with van der Waals surface area (Å²) in [5, 5.41) is 12.8. The SMILES string of the molecule is CCC(CC)n1c(COc2ccccc2Cl)nnc1SCC(=O)Nc1ccccc1. The third kappa shape index (κ3) is 5.77. The number of thioether (sulfide) groups is 1. The predicted octanol–water partition coefficient (Wildman–Crippen LogP) is 5.60. The molecule has 3 rings (SSSR count). The number of carbonyl (C=O) groups excluding carboxylic acids is 1. The van der Waals surface area contributed by atoms with Gasteiger partial charge >= 0.3 is 0 Å². The van der Waals surface area contributed by atoms with Gasteiger partial charge in [0.25, 0.3) is 0 Å². The normalized spacial score (nSPS) is 10.9. The molecular weight excluding hydrogens is 420 g/mol. The lowest BCUT2D eigenvalue weighted by atomic mass is 10.2. The molecule has 158 valence electrons. The van der Waals surface area contributed by atoms with Crippen molar-refractivity contribution in [2.45, 2.75) is 44.5 Å². The minimum absolute atomic E-state index is 0.0841. The van der Waals surface area contributed by atoms with Crippen LogP contribution in [0.5, 0.6) is 5.75 Å². The Balaban J connectivity index is 1.70. The van der Waals surface area contributed by atoms with Gasteiger partial charge in [0.2, 0.25) is 5.91 Å². The molecule has 6 nitrogen and oxygen atoms in total. The van der Waals surface area contributed by atoms with Crippen LogP contribution >= 0.6 is 23.4 Å². The molecule has 0 aliphatic heterocycles. The van der Waals surface area contributed by atoms with E-state index < -0.39 is 0 Å². The summed E-state index contributed by atoms with van der Waals surface area (Å²) >= 11 is 7.56. The molecule has 1 N–H and O–H groups in total. The number of aromatic nitrogens is 3. The van der Waals surface area contributed by atoms with Crippen molar-refractivity contribution in [1.82, 2.24) is 14.8 Å². The number of hydrogen-bond acceptors (Lipinski definition) is 5. The Morgan fingerprint density at radius 2 is 1.80 bits per heavy atom. The van der Waals surface area contributed by atoms with Crippen LogP contribution in [-0.4, -0.2) is 26.4 Å². The van der Waals surface area contributed by atoms with Gasteiger partial charge in [0.15, 0.2) is 11.0 Å². The van der Waals surface area contributed by atoms with E-state index in [0.717, 1.165) is 24.4 Å². The van der Waals surface area contributed by atoms with E-state index in [1.807, 2.05) is 48.5 Å². The number of ether oxygens (including phenoxy) is 1. The van der Waals surface area contributed by atoms with E-state index in [2.05, 4.69) is 33.9 Å². The second-order valence-electron chi connectivity index (χ2n) is 6.66. The van der Waals surface area contributed by atoms with E-state index in [-0.39, 0.29) is 24.3 Å². The molecule has 0 aliphatic carbocycles. The van der Waals surface area contributed by atoms with E-state index in [9.17, 15) is 4.79 Å². The molecule has 3 aromatic rings. The summed E-state index contributed by atoms with van der Waals surface area (Å²) in [6, 6.07) is 17.0. The van der Waals surface area contributed by atoms with Gasteiger partial charge in [-0.25, -0.2) is 0 Å². The van der Waals surface area contributed by atoms with Crippen LogP contribution in [0, 0.1) is 0 Å². The molecule has 0 atom stereocenters. The lowest BCUT2D eigenvalue weighted by Crippen LogP contribution is -2.17. The molecule has 0 saturated carbocycles. The van der Waals surface area contributed by atoms with Gasteiger partial charge in [-0.15, -0.1) is 10.2 Å². The monoisotopic (exact) mass is 444 g/mol. The Kier molecular flexibility index (Phi) is 8.16. The molecule has 2 aromatic carbocycles. The summed E-state index contributed by atoms with van der Waals surface area (Å²) < 4.78 is 7.96. The Hall–Kier alpha value is -2.51. The number of nitrogens with zero attached hydrogens (tertiary/aromatic N) is 3. The van der Waals surface area contributed by atoms with Gasteiger partial charge in [-0.3, -0.25) is 4.79 Å². The number of benzene rings is 2. The van der Waals surface area contributed by atoms with Crippen LogP contribution in [0.3, 0.4) is 0 Å². The first kappa shape index (κ1) is 22.2. The van der Waals surface area contributed by atoms with Crippen molar-refractivity contribution in [1.29, 1.82) is 0 Å². The maximum absolute atomic E-state index is 12.3. The van der Waals surface area contributed by atoms with Crippen molar-refractivity contribution >= 4 is 35.0 Å². The number of nitrogens with one attached hydrogen (secondary N) is 1. The highest BCUT2D eigenvalue weighted by Gasteiger charge is 2.20. The third-order valence-electron chi connectivity index (χ3n) is 4.63. The predicted molar refractivity (Wildman–Crippen MR) is 121 cm³/mol. The number of anilines is 1. The zero-order valence-corrected chi connectivity index (χ0v) is 18.6. The first-order valence-electron chi connectivity index (χ1n) is 9.91. The smallest absolute Gasteiger partial charge is 0.234 e. The summed E-state index contributed by atoms with van der Waals surface area (Å²) in [6.45, 7) is 4.51. The Morgan fingerprint density at radius 3 is 2.50 bits per heavy atom. The molecule has 0 unspecified atom stereocenters. The molecule has 0 bridgehead atoms. The number of para-hydroxylation sites is 2. The van der Waals surface area contributed by atoms with E-state index in [4.69, 9.17) is 16.3 Å². The lowest BCUT2D eigenvalue weighted by molar-refractivity contribution is -0.113. The minimum atomic E-state index is -0.0841. The standard InChI is InChI=1S/C22H25ClN4O2S/c1-3-17(4-2)27-20(14-29-19-13-9-8-12-18(19)23)25-26-22(27)30-15-21(28)24-16-10-6-5-7-11-16/h5-13,17H,3-4,14-15H2,1-2H3,(H,24,28). The fraction of sp³-hybridized carbons (Fsp3) is 0.318. The van der Waals surface area contributed by atoms with Crippen molar-refractivity contribution in [3.63, 3.8) is 0 Å². The summed E-state index contributed by atoms with van der Waals surface area (Å²) in [4.78, 5) is 12.3. The largest absolute Gasteiger partial charge is 0.484 e. The molecule has 1 heterocycles. The van der Waals surface area contributed by atoms with Crippen LogP contribution in [0.15, 0.2) is 59.8 Å².